The lowest BCUT2D eigenvalue weighted by Gasteiger charge is -2.28. The van der Waals surface area contributed by atoms with Crippen LogP contribution in [0.15, 0.2) is 0 Å². The predicted octanol–water partition coefficient (Wildman–Crippen LogP) is 3.74. The van der Waals surface area contributed by atoms with Crippen LogP contribution < -0.4 is 10.6 Å². The molecule has 0 spiro atoms. The fourth-order valence-corrected chi connectivity index (χ4v) is 7.30. The minimum atomic E-state index is -4.07. The van der Waals surface area contributed by atoms with Gasteiger partial charge in [0.1, 0.15) is 0 Å². The fraction of sp³-hybridized carbons (Fsp3) is 0.862. The molecular weight excluding hydrogens is 612 g/mol. The van der Waals surface area contributed by atoms with Gasteiger partial charge >= 0.3 is 20.7 Å². The number of carbonyl (C=O) groups excluding carboxylic acids is 4. The van der Waals surface area contributed by atoms with Crippen LogP contribution in [-0.4, -0.2) is 83.2 Å². The average molecular weight is 671 g/mol. The number of hydrogen-bond donors (Lipinski definition) is 3. The van der Waals surface area contributed by atoms with Crippen LogP contribution in [0.3, 0.4) is 0 Å². The van der Waals surface area contributed by atoms with E-state index in [0.717, 1.165) is 18.9 Å². The van der Waals surface area contributed by atoms with Gasteiger partial charge in [-0.2, -0.15) is 8.42 Å². The second-order valence-electron chi connectivity index (χ2n) is 11.4. The van der Waals surface area contributed by atoms with Crippen molar-refractivity contribution in [1.82, 2.24) is 10.6 Å². The van der Waals surface area contributed by atoms with Crippen molar-refractivity contribution >= 4 is 42.7 Å². The van der Waals surface area contributed by atoms with Crippen LogP contribution in [0.2, 0.25) is 6.04 Å². The average Bonchev–Trinajstić information content (AvgIpc) is 3.14. The first-order valence-electron chi connectivity index (χ1n) is 15.5. The minimum Gasteiger partial charge on any atom is -0.393 e. The lowest BCUT2D eigenvalue weighted by atomic mass is 10.00. The van der Waals surface area contributed by atoms with E-state index in [-0.39, 0.29) is 35.5 Å². The van der Waals surface area contributed by atoms with Crippen molar-refractivity contribution in [2.75, 3.05) is 32.1 Å². The van der Waals surface area contributed by atoms with Gasteiger partial charge in [0.2, 0.25) is 11.8 Å². The summed E-state index contributed by atoms with van der Waals surface area (Å²) in [5, 5.41) is 5.53. The Morgan fingerprint density at radius 2 is 1.30 bits per heavy atom. The highest BCUT2D eigenvalue weighted by atomic mass is 32.2. The van der Waals surface area contributed by atoms with Gasteiger partial charge in [-0.15, -0.1) is 0 Å². The topological polar surface area (TPSA) is 184 Å². The van der Waals surface area contributed by atoms with Crippen molar-refractivity contribution < 1.29 is 50.2 Å². The van der Waals surface area contributed by atoms with Gasteiger partial charge in [0.05, 0.1) is 23.1 Å². The standard InChI is InChI=1S/C14H31NO4Si.C9H19NO4S.C6H8O3/c1-6-13(5)14(16)15-11-10-12-20(17-7-2,18-8-3)19-9-4;1-5-7(2)8(11)10-9(3,4)6-15(12,13)14;1-3-4(2)6(8)9-5(3)7/h13H,6-12H2,1-5H3,(H,15,16);7H,5-6H2,1-4H3,(H,10,11)(H,12,13,14);3-4H,1-2H3. The van der Waals surface area contributed by atoms with Gasteiger partial charge in [0.25, 0.3) is 10.1 Å². The van der Waals surface area contributed by atoms with E-state index in [4.69, 9.17) is 17.8 Å². The molecule has 3 N–H and O–H groups in total. The predicted molar refractivity (Wildman–Crippen MR) is 170 cm³/mol. The van der Waals surface area contributed by atoms with Crippen molar-refractivity contribution in [2.45, 2.75) is 107 Å². The highest BCUT2D eigenvalue weighted by Crippen LogP contribution is 2.21. The molecule has 260 valence electrons. The molecule has 1 heterocycles. The summed E-state index contributed by atoms with van der Waals surface area (Å²) < 4.78 is 51.6. The summed E-state index contributed by atoms with van der Waals surface area (Å²) in [4.78, 5) is 44.3. The highest BCUT2D eigenvalue weighted by molar-refractivity contribution is 7.85. The molecule has 1 saturated heterocycles. The Hall–Kier alpha value is -1.91. The van der Waals surface area contributed by atoms with E-state index < -0.39 is 42.2 Å². The van der Waals surface area contributed by atoms with E-state index >= 15 is 0 Å². The van der Waals surface area contributed by atoms with E-state index in [2.05, 4.69) is 15.4 Å². The Bertz CT molecular complexity index is 957. The molecule has 0 aromatic heterocycles. The Labute approximate surface area is 266 Å². The number of rotatable bonds is 17. The van der Waals surface area contributed by atoms with Gasteiger partial charge in [-0.05, 0) is 53.9 Å². The van der Waals surface area contributed by atoms with Crippen LogP contribution in [0.5, 0.6) is 0 Å². The van der Waals surface area contributed by atoms with E-state index in [9.17, 15) is 27.6 Å². The fourth-order valence-electron chi connectivity index (χ4n) is 3.70. The second kappa shape index (κ2) is 21.8. The van der Waals surface area contributed by atoms with Crippen LogP contribution in [0, 0.1) is 23.7 Å². The number of cyclic esters (lactones) is 2. The number of hydrogen-bond acceptors (Lipinski definition) is 10. The third-order valence-corrected chi connectivity index (χ3v) is 11.1. The van der Waals surface area contributed by atoms with Crippen LogP contribution in [-0.2, 0) is 47.3 Å². The molecule has 13 nitrogen and oxygen atoms in total. The molecule has 0 bridgehead atoms. The molecular formula is C29H58N2O11SSi. The summed E-state index contributed by atoms with van der Waals surface area (Å²) in [5.74, 6) is -1.96. The normalized spacial score (nSPS) is 18.2. The molecule has 0 radical (unpaired) electrons. The molecule has 0 aromatic rings. The molecule has 1 aliphatic rings. The molecule has 4 atom stereocenters. The minimum absolute atomic E-state index is 0.0719. The number of nitrogens with one attached hydrogen (secondary N) is 2. The van der Waals surface area contributed by atoms with E-state index in [0.29, 0.717) is 32.8 Å². The van der Waals surface area contributed by atoms with E-state index in [1.807, 2.05) is 41.5 Å². The molecule has 1 rings (SSSR count). The Kier molecular flexibility index (Phi) is 21.9. The maximum absolute atomic E-state index is 11.7. The maximum Gasteiger partial charge on any atom is 0.500 e. The van der Waals surface area contributed by atoms with E-state index in [1.165, 1.54) is 0 Å². The third kappa shape index (κ3) is 18.8. The summed E-state index contributed by atoms with van der Waals surface area (Å²) in [7, 11) is -6.63. The number of ether oxygens (including phenoxy) is 1. The van der Waals surface area contributed by atoms with E-state index in [1.54, 1.807) is 34.6 Å². The zero-order valence-corrected chi connectivity index (χ0v) is 30.4. The van der Waals surface area contributed by atoms with Crippen LogP contribution in [0.1, 0.15) is 95.4 Å². The van der Waals surface area contributed by atoms with Gasteiger partial charge < -0.3 is 28.6 Å². The summed E-state index contributed by atoms with van der Waals surface area (Å²) >= 11 is 0. The molecule has 44 heavy (non-hydrogen) atoms. The molecule has 1 aliphatic heterocycles. The first kappa shape index (κ1) is 44.2. The van der Waals surface area contributed by atoms with Gasteiger partial charge in [0.15, 0.2) is 0 Å². The first-order chi connectivity index (χ1) is 20.2. The summed E-state index contributed by atoms with van der Waals surface area (Å²) in [6, 6.07) is 0.739. The maximum atomic E-state index is 11.7. The summed E-state index contributed by atoms with van der Waals surface area (Å²) in [6.07, 6.45) is 2.36. The Balaban J connectivity index is 0. The SMILES string of the molecule is CC1C(=O)OC(=O)C1C.CCC(C)C(=O)NC(C)(C)CS(=O)(=O)O.CCO[Si](CCCNC(=O)C(C)CC)(OCC)OCC. The monoisotopic (exact) mass is 670 g/mol. The second-order valence-corrected chi connectivity index (χ2v) is 15.6. The van der Waals surface area contributed by atoms with Gasteiger partial charge in [-0.25, -0.2) is 0 Å². The van der Waals surface area contributed by atoms with Gasteiger partial charge in [-0.1, -0.05) is 41.5 Å². The summed E-state index contributed by atoms with van der Waals surface area (Å²) in [5.41, 5.74) is -0.950. The Morgan fingerprint density at radius 1 is 0.886 bits per heavy atom. The zero-order chi connectivity index (χ0) is 34.7. The molecule has 4 unspecified atom stereocenters. The van der Waals surface area contributed by atoms with Crippen molar-refractivity contribution in [3.05, 3.63) is 0 Å². The van der Waals surface area contributed by atoms with Gasteiger partial charge in [0, 0.05) is 44.2 Å². The van der Waals surface area contributed by atoms with Crippen LogP contribution in [0.4, 0.5) is 0 Å². The quantitative estimate of drug-likeness (QED) is 0.0674. The Morgan fingerprint density at radius 3 is 1.61 bits per heavy atom. The number of esters is 2. The molecule has 0 saturated carbocycles. The number of carbonyl (C=O) groups is 4. The first-order valence-corrected chi connectivity index (χ1v) is 19.0. The number of amides is 2. The van der Waals surface area contributed by atoms with Crippen LogP contribution in [0.25, 0.3) is 0 Å². The lowest BCUT2D eigenvalue weighted by Crippen LogP contribution is -2.49. The smallest absolute Gasteiger partial charge is 0.393 e. The lowest BCUT2D eigenvalue weighted by molar-refractivity contribution is -0.153. The highest BCUT2D eigenvalue weighted by Gasteiger charge is 2.40. The van der Waals surface area contributed by atoms with Crippen molar-refractivity contribution in [1.29, 1.82) is 0 Å². The van der Waals surface area contributed by atoms with Crippen molar-refractivity contribution in [3.63, 3.8) is 0 Å². The zero-order valence-electron chi connectivity index (χ0n) is 28.6. The largest absolute Gasteiger partial charge is 0.500 e. The third-order valence-electron chi connectivity index (χ3n) is 6.87. The summed E-state index contributed by atoms with van der Waals surface area (Å²) in [6.45, 7) is 22.3. The van der Waals surface area contributed by atoms with Crippen molar-refractivity contribution in [3.8, 4) is 0 Å². The molecule has 0 aromatic carbocycles. The van der Waals surface area contributed by atoms with Gasteiger partial charge in [-0.3, -0.25) is 23.7 Å². The molecule has 1 fully saturated rings. The van der Waals surface area contributed by atoms with Crippen molar-refractivity contribution in [2.24, 2.45) is 23.7 Å². The molecule has 15 heteroatoms. The van der Waals surface area contributed by atoms with Crippen LogP contribution >= 0.6 is 0 Å². The molecule has 2 amide bonds. The molecule has 0 aliphatic carbocycles.